The van der Waals surface area contributed by atoms with Gasteiger partial charge < -0.3 is 10.2 Å². The summed E-state index contributed by atoms with van der Waals surface area (Å²) in [6, 6.07) is 7.14. The summed E-state index contributed by atoms with van der Waals surface area (Å²) in [4.78, 5) is 54.7. The maximum Gasteiger partial charge on any atom is 0.242 e. The van der Waals surface area contributed by atoms with Crippen LogP contribution in [-0.4, -0.2) is 52.1 Å². The first-order valence-corrected chi connectivity index (χ1v) is 13.0. The molecule has 0 aromatic heterocycles. The molecule has 3 atom stereocenters. The highest BCUT2D eigenvalue weighted by Gasteiger charge is 2.47. The average molecular weight is 530 g/mol. The monoisotopic (exact) mass is 529 g/mol. The number of fused-ring (bicyclic) bond motifs is 1. The number of nitrogens with one attached hydrogen (secondary N) is 1. The topological polar surface area (TPSA) is 86.8 Å². The summed E-state index contributed by atoms with van der Waals surface area (Å²) in [6.07, 6.45) is 9.20. The Bertz CT molecular complexity index is 962. The quantitative estimate of drug-likeness (QED) is 0.412. The van der Waals surface area contributed by atoms with E-state index < -0.39 is 6.04 Å². The zero-order valence-electron chi connectivity index (χ0n) is 19.5. The van der Waals surface area contributed by atoms with Crippen molar-refractivity contribution in [2.45, 2.75) is 70.5 Å². The molecule has 34 heavy (non-hydrogen) atoms. The zero-order chi connectivity index (χ0) is 24.2. The van der Waals surface area contributed by atoms with Crippen LogP contribution >= 0.6 is 15.9 Å². The third-order valence-electron chi connectivity index (χ3n) is 7.26. The number of hydrogen-bond donors (Lipinski definition) is 1. The van der Waals surface area contributed by atoms with Crippen molar-refractivity contribution >= 4 is 39.6 Å². The third-order valence-corrected chi connectivity index (χ3v) is 7.75. The van der Waals surface area contributed by atoms with Gasteiger partial charge in [0.05, 0.1) is 11.8 Å². The van der Waals surface area contributed by atoms with E-state index in [9.17, 15) is 19.2 Å². The van der Waals surface area contributed by atoms with Crippen LogP contribution in [0.2, 0.25) is 0 Å². The largest absolute Gasteiger partial charge is 0.352 e. The Morgan fingerprint density at radius 2 is 1.76 bits per heavy atom. The number of carbonyl (C=O) groups excluding carboxylic acids is 4. The molecule has 1 aromatic rings. The summed E-state index contributed by atoms with van der Waals surface area (Å²) in [6.45, 7) is 2.07. The molecule has 0 spiro atoms. The van der Waals surface area contributed by atoms with E-state index in [1.54, 1.807) is 11.8 Å². The molecule has 1 aromatic carbocycles. The van der Waals surface area contributed by atoms with Gasteiger partial charge in [-0.2, -0.15) is 0 Å². The normalized spacial score (nSPS) is 23.2. The van der Waals surface area contributed by atoms with Gasteiger partial charge in [-0.15, -0.1) is 0 Å². The number of benzene rings is 1. The molecule has 1 heterocycles. The molecule has 1 saturated heterocycles. The fourth-order valence-electron chi connectivity index (χ4n) is 5.25. The van der Waals surface area contributed by atoms with Gasteiger partial charge in [-0.1, -0.05) is 53.1 Å². The van der Waals surface area contributed by atoms with Gasteiger partial charge in [-0.3, -0.25) is 24.1 Å². The fraction of sp³-hybridized carbons (Fsp3) is 0.538. The van der Waals surface area contributed by atoms with Crippen molar-refractivity contribution in [3.63, 3.8) is 0 Å². The van der Waals surface area contributed by atoms with Crippen LogP contribution in [0.15, 0.2) is 40.9 Å². The van der Waals surface area contributed by atoms with Crippen LogP contribution in [0, 0.1) is 11.8 Å². The predicted octanol–water partition coefficient (Wildman–Crippen LogP) is 3.57. The minimum atomic E-state index is -0.663. The molecule has 0 bridgehead atoms. The first-order chi connectivity index (χ1) is 16.3. The van der Waals surface area contributed by atoms with Gasteiger partial charge in [0.2, 0.25) is 23.6 Å². The van der Waals surface area contributed by atoms with Crippen molar-refractivity contribution in [1.82, 2.24) is 15.1 Å². The Morgan fingerprint density at radius 3 is 2.38 bits per heavy atom. The Morgan fingerprint density at radius 1 is 1.12 bits per heavy atom. The number of rotatable bonds is 8. The van der Waals surface area contributed by atoms with Gasteiger partial charge in [-0.05, 0) is 50.3 Å². The molecular weight excluding hydrogens is 498 g/mol. The Balaban J connectivity index is 1.45. The number of amides is 4. The van der Waals surface area contributed by atoms with Gasteiger partial charge in [0.25, 0.3) is 0 Å². The van der Waals surface area contributed by atoms with Crippen molar-refractivity contribution in [3.8, 4) is 0 Å². The lowest BCUT2D eigenvalue weighted by Crippen LogP contribution is -2.50. The standard InChI is InChI=1S/C26H32BrN3O4/c1-17(24(32)28-20-9-2-3-10-20)30(16-18-7-6-8-19(27)15-18)23(31)13-14-29-25(33)21-11-4-5-12-22(21)26(29)34/h4-8,15,17,20-22H,2-3,9-14,16H2,1H3,(H,28,32)/t17-,21-,22+/m0/s1. The highest BCUT2D eigenvalue weighted by atomic mass is 79.9. The number of carbonyl (C=O) groups is 4. The van der Waals surface area contributed by atoms with Gasteiger partial charge >= 0.3 is 0 Å². The summed E-state index contributed by atoms with van der Waals surface area (Å²) >= 11 is 3.46. The molecule has 2 fully saturated rings. The average Bonchev–Trinajstić information content (AvgIpc) is 3.42. The molecule has 0 radical (unpaired) electrons. The Labute approximate surface area is 209 Å². The number of likely N-dealkylation sites (tertiary alicyclic amines) is 1. The van der Waals surface area contributed by atoms with Gasteiger partial charge in [0.1, 0.15) is 6.04 Å². The molecule has 182 valence electrons. The van der Waals surface area contributed by atoms with Crippen molar-refractivity contribution < 1.29 is 19.2 Å². The smallest absolute Gasteiger partial charge is 0.242 e. The second-order valence-electron chi connectivity index (χ2n) is 9.55. The molecule has 4 amide bonds. The Hall–Kier alpha value is -2.48. The van der Waals surface area contributed by atoms with Crippen molar-refractivity contribution in [1.29, 1.82) is 0 Å². The van der Waals surface area contributed by atoms with Crippen LogP contribution in [0.5, 0.6) is 0 Å². The minimum absolute atomic E-state index is 0.000595. The molecule has 3 aliphatic rings. The maximum atomic E-state index is 13.4. The molecule has 7 nitrogen and oxygen atoms in total. The highest BCUT2D eigenvalue weighted by Crippen LogP contribution is 2.35. The van der Waals surface area contributed by atoms with Crippen LogP contribution in [0.1, 0.15) is 57.4 Å². The number of hydrogen-bond acceptors (Lipinski definition) is 4. The summed E-state index contributed by atoms with van der Waals surface area (Å²) in [7, 11) is 0. The molecule has 2 aliphatic carbocycles. The van der Waals surface area contributed by atoms with Crippen LogP contribution in [0.25, 0.3) is 0 Å². The third kappa shape index (κ3) is 5.43. The van der Waals surface area contributed by atoms with Gasteiger partial charge in [-0.25, -0.2) is 0 Å². The molecule has 1 N–H and O–H groups in total. The number of imide groups is 1. The molecule has 4 rings (SSSR count). The molecule has 0 unspecified atom stereocenters. The lowest BCUT2D eigenvalue weighted by Gasteiger charge is -2.30. The summed E-state index contributed by atoms with van der Waals surface area (Å²) < 4.78 is 0.893. The van der Waals surface area contributed by atoms with E-state index >= 15 is 0 Å². The van der Waals surface area contributed by atoms with Crippen molar-refractivity contribution in [2.24, 2.45) is 11.8 Å². The predicted molar refractivity (Wildman–Crippen MR) is 131 cm³/mol. The van der Waals surface area contributed by atoms with Crippen molar-refractivity contribution in [2.75, 3.05) is 6.54 Å². The fourth-order valence-corrected chi connectivity index (χ4v) is 5.69. The van der Waals surface area contributed by atoms with Gasteiger partial charge in [0, 0.05) is 30.0 Å². The van der Waals surface area contributed by atoms with E-state index in [0.29, 0.717) is 12.8 Å². The number of halogens is 1. The first kappa shape index (κ1) is 24.6. The second kappa shape index (κ2) is 10.8. The maximum absolute atomic E-state index is 13.4. The van der Waals surface area contributed by atoms with E-state index in [0.717, 1.165) is 35.7 Å². The molecule has 8 heteroatoms. The lowest BCUT2D eigenvalue weighted by molar-refractivity contribution is -0.144. The number of allylic oxidation sites excluding steroid dienone is 2. The first-order valence-electron chi connectivity index (χ1n) is 12.2. The van der Waals surface area contributed by atoms with E-state index in [2.05, 4.69) is 21.2 Å². The SMILES string of the molecule is C[C@@H](C(=O)NC1CCCC1)N(Cc1cccc(Br)c1)C(=O)CCN1C(=O)[C@H]2CC=CC[C@H]2C1=O. The van der Waals surface area contributed by atoms with Crippen molar-refractivity contribution in [3.05, 3.63) is 46.5 Å². The summed E-state index contributed by atoms with van der Waals surface area (Å²) in [5.41, 5.74) is 0.897. The van der Waals surface area contributed by atoms with Gasteiger partial charge in [0.15, 0.2) is 0 Å². The van der Waals surface area contributed by atoms with E-state index in [4.69, 9.17) is 0 Å². The molecule has 1 aliphatic heterocycles. The number of nitrogens with zero attached hydrogens (tertiary/aromatic N) is 2. The molecular formula is C26H32BrN3O4. The summed E-state index contributed by atoms with van der Waals surface area (Å²) in [5, 5.41) is 3.09. The van der Waals surface area contributed by atoms with E-state index in [1.807, 2.05) is 36.4 Å². The van der Waals surface area contributed by atoms with E-state index in [1.165, 1.54) is 4.90 Å². The highest BCUT2D eigenvalue weighted by molar-refractivity contribution is 9.10. The van der Waals surface area contributed by atoms with Crippen LogP contribution < -0.4 is 5.32 Å². The summed E-state index contributed by atoms with van der Waals surface area (Å²) in [5.74, 6) is -1.39. The van der Waals surface area contributed by atoms with Crippen LogP contribution in [0.3, 0.4) is 0 Å². The lowest BCUT2D eigenvalue weighted by atomic mass is 9.85. The zero-order valence-corrected chi connectivity index (χ0v) is 21.1. The van der Waals surface area contributed by atoms with Crippen LogP contribution in [0.4, 0.5) is 0 Å². The van der Waals surface area contributed by atoms with Crippen LogP contribution in [-0.2, 0) is 25.7 Å². The minimum Gasteiger partial charge on any atom is -0.352 e. The molecule has 1 saturated carbocycles. The van der Waals surface area contributed by atoms with E-state index in [-0.39, 0.29) is 61.0 Å². The second-order valence-corrected chi connectivity index (χ2v) is 10.5. The Kier molecular flexibility index (Phi) is 7.86.